The van der Waals surface area contributed by atoms with Crippen LogP contribution in [-0.4, -0.2) is 58.7 Å². The van der Waals surface area contributed by atoms with E-state index >= 15 is 0 Å². The van der Waals surface area contributed by atoms with Crippen LogP contribution in [0.4, 0.5) is 0 Å². The summed E-state index contributed by atoms with van der Waals surface area (Å²) in [4.78, 5) is 25.5. The summed E-state index contributed by atoms with van der Waals surface area (Å²) in [6.07, 6.45) is 0.506. The summed E-state index contributed by atoms with van der Waals surface area (Å²) < 4.78 is 10.5. The van der Waals surface area contributed by atoms with Crippen LogP contribution in [0.1, 0.15) is 31.4 Å². The number of guanidine groups is 1. The van der Waals surface area contributed by atoms with Crippen LogP contribution in [0, 0.1) is 11.3 Å². The molecular formula is C25H32N8O4. The molecule has 12 heteroatoms. The molecule has 1 heterocycles. The number of nitrogens with one attached hydrogen (secondary N) is 5. The molecule has 1 atom stereocenters. The molecule has 0 unspecified atom stereocenters. The molecule has 0 saturated carbocycles. The Hall–Kier alpha value is -4.48. The van der Waals surface area contributed by atoms with E-state index in [2.05, 4.69) is 36.6 Å². The molecular weight excluding hydrogens is 476 g/mol. The molecule has 0 aliphatic rings. The van der Waals surface area contributed by atoms with Gasteiger partial charge in [0.05, 0.1) is 20.6 Å². The lowest BCUT2D eigenvalue weighted by Gasteiger charge is -2.21. The number of H-pyrrole nitrogens is 1. The first-order valence-corrected chi connectivity index (χ1v) is 11.8. The first-order chi connectivity index (χ1) is 17.8. The number of hydrogen-bond acceptors (Lipinski definition) is 8. The van der Waals surface area contributed by atoms with Crippen LogP contribution in [0.5, 0.6) is 11.5 Å². The average Bonchev–Trinajstić information content (AvgIpc) is 3.42. The largest absolute Gasteiger partial charge is 0.493 e. The second-order valence-electron chi connectivity index (χ2n) is 8.78. The highest BCUT2D eigenvalue weighted by Gasteiger charge is 2.21. The second kappa shape index (κ2) is 13.0. The van der Waals surface area contributed by atoms with Gasteiger partial charge in [-0.25, -0.2) is 5.10 Å². The van der Waals surface area contributed by atoms with E-state index in [0.717, 1.165) is 11.1 Å². The molecule has 0 bridgehead atoms. The monoisotopic (exact) mass is 508 g/mol. The number of amides is 2. The van der Waals surface area contributed by atoms with Crippen LogP contribution in [0.3, 0.4) is 0 Å². The fourth-order valence-electron chi connectivity index (χ4n) is 3.70. The number of ether oxygens (including phenoxy) is 2. The Kier molecular flexibility index (Phi) is 9.53. The summed E-state index contributed by atoms with van der Waals surface area (Å²) in [7, 11) is 3.06. The summed E-state index contributed by atoms with van der Waals surface area (Å²) >= 11 is 0. The molecule has 1 aromatic heterocycles. The molecule has 0 saturated heterocycles. The number of hydrogen-bond donors (Lipinski definition) is 5. The van der Waals surface area contributed by atoms with Crippen LogP contribution in [0.25, 0.3) is 11.4 Å². The zero-order chi connectivity index (χ0) is 26.8. The minimum atomic E-state index is -0.699. The van der Waals surface area contributed by atoms with E-state index in [1.807, 2.05) is 38.1 Å². The van der Waals surface area contributed by atoms with E-state index in [0.29, 0.717) is 29.3 Å². The van der Waals surface area contributed by atoms with Crippen molar-refractivity contribution in [2.45, 2.75) is 39.3 Å². The van der Waals surface area contributed by atoms with E-state index in [4.69, 9.17) is 14.9 Å². The number of rotatable bonds is 11. The number of tetrazole rings is 1. The predicted molar refractivity (Wildman–Crippen MR) is 137 cm³/mol. The molecule has 0 spiro atoms. The standard InChI is InChI=1S/C25H32N8O4/c1-15(2)10-19(24(35)27-14-17-6-5-7-18(11-17)23-30-32-33-31-23)28-25(26)29-22(34)13-16-8-9-20(36-3)21(12-16)37-4/h5-9,11-12,15,19H,10,13-14H2,1-4H3,(H,27,35)(H3,26,28,29,34)(H,30,31,32,33)/t19-/m1/s1. The Morgan fingerprint density at radius 1 is 1.05 bits per heavy atom. The van der Waals surface area contributed by atoms with Gasteiger partial charge in [-0.15, -0.1) is 5.10 Å². The van der Waals surface area contributed by atoms with Gasteiger partial charge < -0.3 is 20.1 Å². The molecule has 0 aliphatic carbocycles. The zero-order valence-electron chi connectivity index (χ0n) is 21.3. The fourth-order valence-corrected chi connectivity index (χ4v) is 3.70. The van der Waals surface area contributed by atoms with Gasteiger partial charge >= 0.3 is 0 Å². The normalized spacial score (nSPS) is 11.5. The Morgan fingerprint density at radius 3 is 2.51 bits per heavy atom. The molecule has 5 N–H and O–H groups in total. The van der Waals surface area contributed by atoms with E-state index in [-0.39, 0.29) is 30.8 Å². The van der Waals surface area contributed by atoms with E-state index < -0.39 is 11.9 Å². The lowest BCUT2D eigenvalue weighted by molar-refractivity contribution is -0.123. The lowest BCUT2D eigenvalue weighted by Crippen LogP contribution is -2.52. The third kappa shape index (κ3) is 8.02. The third-order valence-corrected chi connectivity index (χ3v) is 5.43. The van der Waals surface area contributed by atoms with Gasteiger partial charge in [0, 0.05) is 12.1 Å². The van der Waals surface area contributed by atoms with Gasteiger partial charge in [0.25, 0.3) is 0 Å². The fraction of sp³-hybridized carbons (Fsp3) is 0.360. The predicted octanol–water partition coefficient (Wildman–Crippen LogP) is 1.80. The van der Waals surface area contributed by atoms with Crippen LogP contribution < -0.4 is 25.4 Å². The van der Waals surface area contributed by atoms with Crippen molar-refractivity contribution in [3.8, 4) is 22.9 Å². The smallest absolute Gasteiger partial charge is 0.242 e. The van der Waals surface area contributed by atoms with E-state index in [1.54, 1.807) is 18.2 Å². The van der Waals surface area contributed by atoms with Crippen molar-refractivity contribution in [1.29, 1.82) is 5.41 Å². The molecule has 3 rings (SSSR count). The number of carbonyl (C=O) groups is 2. The minimum Gasteiger partial charge on any atom is -0.493 e. The van der Waals surface area contributed by atoms with Crippen LogP contribution in [0.15, 0.2) is 42.5 Å². The summed E-state index contributed by atoms with van der Waals surface area (Å²) in [5, 5.41) is 30.2. The number of carbonyl (C=O) groups excluding carboxylic acids is 2. The van der Waals surface area contributed by atoms with Crippen molar-refractivity contribution < 1.29 is 19.1 Å². The Morgan fingerprint density at radius 2 is 1.84 bits per heavy atom. The maximum absolute atomic E-state index is 13.0. The average molecular weight is 509 g/mol. The second-order valence-corrected chi connectivity index (χ2v) is 8.78. The number of benzene rings is 2. The number of aromatic nitrogens is 4. The van der Waals surface area contributed by atoms with Gasteiger partial charge in [-0.3, -0.25) is 20.3 Å². The highest BCUT2D eigenvalue weighted by Crippen LogP contribution is 2.27. The molecule has 0 aliphatic heterocycles. The van der Waals surface area contributed by atoms with Crippen LogP contribution >= 0.6 is 0 Å². The highest BCUT2D eigenvalue weighted by molar-refractivity contribution is 5.98. The maximum Gasteiger partial charge on any atom is 0.242 e. The van der Waals surface area contributed by atoms with Crippen molar-refractivity contribution in [1.82, 2.24) is 36.6 Å². The molecule has 196 valence electrons. The first kappa shape index (κ1) is 27.1. The summed E-state index contributed by atoms with van der Waals surface area (Å²) in [6.45, 7) is 4.25. The SMILES string of the molecule is COc1ccc(CC(=O)NC(=N)N[C@H](CC(C)C)C(=O)NCc2cccc(-c3nnn[nH]3)c2)cc1OC. The van der Waals surface area contributed by atoms with Crippen molar-refractivity contribution in [3.63, 3.8) is 0 Å². The van der Waals surface area contributed by atoms with Gasteiger partial charge in [-0.2, -0.15) is 0 Å². The van der Waals surface area contributed by atoms with E-state index in [9.17, 15) is 9.59 Å². The molecule has 37 heavy (non-hydrogen) atoms. The minimum absolute atomic E-state index is 0.0303. The number of methoxy groups -OCH3 is 2. The number of nitrogens with zero attached hydrogens (tertiary/aromatic N) is 3. The molecule has 12 nitrogen and oxygen atoms in total. The van der Waals surface area contributed by atoms with Gasteiger partial charge in [-0.1, -0.05) is 38.1 Å². The summed E-state index contributed by atoms with van der Waals surface area (Å²) in [5.41, 5.74) is 2.36. The quantitative estimate of drug-likeness (QED) is 0.193. The summed E-state index contributed by atoms with van der Waals surface area (Å²) in [5.74, 6) is 0.867. The molecule has 0 radical (unpaired) electrons. The van der Waals surface area contributed by atoms with Gasteiger partial charge in [0.2, 0.25) is 11.8 Å². The van der Waals surface area contributed by atoms with Crippen molar-refractivity contribution in [2.24, 2.45) is 5.92 Å². The zero-order valence-corrected chi connectivity index (χ0v) is 21.3. The van der Waals surface area contributed by atoms with Gasteiger partial charge in [-0.05, 0) is 52.1 Å². The maximum atomic E-state index is 13.0. The Bertz CT molecular complexity index is 1210. The topological polar surface area (TPSA) is 167 Å². The van der Waals surface area contributed by atoms with Crippen molar-refractivity contribution in [3.05, 3.63) is 53.6 Å². The Labute approximate surface area is 215 Å². The lowest BCUT2D eigenvalue weighted by atomic mass is 10.0. The first-order valence-electron chi connectivity index (χ1n) is 11.8. The van der Waals surface area contributed by atoms with Crippen LogP contribution in [0.2, 0.25) is 0 Å². The van der Waals surface area contributed by atoms with Crippen molar-refractivity contribution >= 4 is 17.8 Å². The third-order valence-electron chi connectivity index (χ3n) is 5.43. The van der Waals surface area contributed by atoms with Crippen molar-refractivity contribution in [2.75, 3.05) is 14.2 Å². The van der Waals surface area contributed by atoms with E-state index in [1.165, 1.54) is 14.2 Å². The molecule has 3 aromatic rings. The molecule has 2 aromatic carbocycles. The van der Waals surface area contributed by atoms with Gasteiger partial charge in [0.15, 0.2) is 23.3 Å². The number of aromatic amines is 1. The van der Waals surface area contributed by atoms with Crippen LogP contribution in [-0.2, 0) is 22.6 Å². The molecule has 0 fully saturated rings. The van der Waals surface area contributed by atoms with Gasteiger partial charge in [0.1, 0.15) is 6.04 Å². The Balaban J connectivity index is 1.56. The highest BCUT2D eigenvalue weighted by atomic mass is 16.5. The summed E-state index contributed by atoms with van der Waals surface area (Å²) in [6, 6.07) is 12.0. The molecule has 2 amide bonds.